The van der Waals surface area contributed by atoms with E-state index >= 15 is 0 Å². The van der Waals surface area contributed by atoms with E-state index in [4.69, 9.17) is 0 Å². The first kappa shape index (κ1) is 15.5. The van der Waals surface area contributed by atoms with Crippen molar-refractivity contribution in [1.82, 2.24) is 4.90 Å². The minimum Gasteiger partial charge on any atom is -0.379 e. The van der Waals surface area contributed by atoms with E-state index < -0.39 is 0 Å². The maximum Gasteiger partial charge on any atom is 0.126 e. The minimum atomic E-state index is -0.150. The summed E-state index contributed by atoms with van der Waals surface area (Å²) in [5.74, 6) is -0.150. The lowest BCUT2D eigenvalue weighted by molar-refractivity contribution is 0.402. The molecule has 112 valence electrons. The zero-order valence-corrected chi connectivity index (χ0v) is 13.2. The smallest absolute Gasteiger partial charge is 0.126 e. The van der Waals surface area contributed by atoms with Gasteiger partial charge >= 0.3 is 0 Å². The Labute approximate surface area is 126 Å². The van der Waals surface area contributed by atoms with Gasteiger partial charge in [0.25, 0.3) is 0 Å². The van der Waals surface area contributed by atoms with Crippen molar-refractivity contribution < 1.29 is 4.39 Å². The number of hydrogen-bond acceptors (Lipinski definition) is 2. The van der Waals surface area contributed by atoms with Gasteiger partial charge in [0.05, 0.1) is 0 Å². The SMILES string of the molecule is Cc1ccc(C(C)Nc2cccc(CN(C)C)c2)cc1F. The Balaban J connectivity index is 2.11. The third-order valence-corrected chi connectivity index (χ3v) is 3.50. The highest BCUT2D eigenvalue weighted by molar-refractivity contribution is 5.47. The zero-order chi connectivity index (χ0) is 15.4. The summed E-state index contributed by atoms with van der Waals surface area (Å²) >= 11 is 0. The molecule has 0 amide bonds. The summed E-state index contributed by atoms with van der Waals surface area (Å²) in [7, 11) is 4.11. The van der Waals surface area contributed by atoms with Crippen molar-refractivity contribution in [2.24, 2.45) is 0 Å². The number of halogens is 1. The molecule has 0 aliphatic carbocycles. The topological polar surface area (TPSA) is 15.3 Å². The first-order chi connectivity index (χ1) is 9.95. The van der Waals surface area contributed by atoms with Gasteiger partial charge in [-0.2, -0.15) is 0 Å². The number of rotatable bonds is 5. The van der Waals surface area contributed by atoms with Gasteiger partial charge in [0, 0.05) is 18.3 Å². The summed E-state index contributed by atoms with van der Waals surface area (Å²) in [6, 6.07) is 13.8. The Hall–Kier alpha value is -1.87. The van der Waals surface area contributed by atoms with Crippen molar-refractivity contribution in [3.05, 3.63) is 65.0 Å². The molecule has 1 atom stereocenters. The summed E-state index contributed by atoms with van der Waals surface area (Å²) in [5, 5.41) is 3.43. The summed E-state index contributed by atoms with van der Waals surface area (Å²) < 4.78 is 13.7. The first-order valence-electron chi connectivity index (χ1n) is 7.22. The molecule has 2 nitrogen and oxygen atoms in total. The second-order valence-electron chi connectivity index (χ2n) is 5.81. The Morgan fingerprint density at radius 1 is 1.14 bits per heavy atom. The molecule has 0 saturated heterocycles. The summed E-state index contributed by atoms with van der Waals surface area (Å²) in [6.45, 7) is 4.73. The van der Waals surface area contributed by atoms with E-state index in [1.54, 1.807) is 13.0 Å². The monoisotopic (exact) mass is 286 g/mol. The highest BCUT2D eigenvalue weighted by atomic mass is 19.1. The third kappa shape index (κ3) is 4.30. The predicted octanol–water partition coefficient (Wildman–Crippen LogP) is 4.37. The van der Waals surface area contributed by atoms with E-state index in [1.807, 2.05) is 31.2 Å². The molecule has 1 unspecified atom stereocenters. The van der Waals surface area contributed by atoms with Crippen molar-refractivity contribution in [2.75, 3.05) is 19.4 Å². The van der Waals surface area contributed by atoms with E-state index in [0.717, 1.165) is 17.8 Å². The highest BCUT2D eigenvalue weighted by Crippen LogP contribution is 2.22. The van der Waals surface area contributed by atoms with Crippen LogP contribution in [0.15, 0.2) is 42.5 Å². The fourth-order valence-corrected chi connectivity index (χ4v) is 2.34. The first-order valence-corrected chi connectivity index (χ1v) is 7.22. The van der Waals surface area contributed by atoms with Crippen molar-refractivity contribution in [1.29, 1.82) is 0 Å². The van der Waals surface area contributed by atoms with Crippen molar-refractivity contribution in [3.8, 4) is 0 Å². The summed E-state index contributed by atoms with van der Waals surface area (Å²) in [4.78, 5) is 2.14. The standard InChI is InChI=1S/C18H23FN2/c1-13-8-9-16(11-18(13)19)14(2)20-17-7-5-6-15(10-17)12-21(3)4/h5-11,14,20H,12H2,1-4H3. The Bertz CT molecular complexity index is 608. The quantitative estimate of drug-likeness (QED) is 0.878. The molecule has 2 aromatic rings. The minimum absolute atomic E-state index is 0.0645. The summed E-state index contributed by atoms with van der Waals surface area (Å²) in [5.41, 5.74) is 3.95. The number of anilines is 1. The molecule has 2 rings (SSSR count). The molecular formula is C18H23FN2. The number of nitrogens with one attached hydrogen (secondary N) is 1. The molecule has 0 spiro atoms. The van der Waals surface area contributed by atoms with Gasteiger partial charge in [-0.05, 0) is 62.8 Å². The van der Waals surface area contributed by atoms with Crippen LogP contribution in [0.1, 0.15) is 29.7 Å². The van der Waals surface area contributed by atoms with Crippen LogP contribution in [0.2, 0.25) is 0 Å². The molecular weight excluding hydrogens is 263 g/mol. The van der Waals surface area contributed by atoms with E-state index in [0.29, 0.717) is 5.56 Å². The molecule has 21 heavy (non-hydrogen) atoms. The van der Waals surface area contributed by atoms with Gasteiger partial charge in [0.2, 0.25) is 0 Å². The van der Waals surface area contributed by atoms with E-state index in [9.17, 15) is 4.39 Å². The summed E-state index contributed by atoms with van der Waals surface area (Å²) in [6.07, 6.45) is 0. The van der Waals surface area contributed by atoms with Crippen LogP contribution in [-0.4, -0.2) is 19.0 Å². The largest absolute Gasteiger partial charge is 0.379 e. The fraction of sp³-hybridized carbons (Fsp3) is 0.333. The second kappa shape index (κ2) is 6.72. The molecule has 0 aromatic heterocycles. The molecule has 1 N–H and O–H groups in total. The van der Waals surface area contributed by atoms with Crippen molar-refractivity contribution in [2.45, 2.75) is 26.4 Å². The van der Waals surface area contributed by atoms with E-state index in [1.165, 1.54) is 5.56 Å². The lowest BCUT2D eigenvalue weighted by Crippen LogP contribution is -2.11. The normalized spacial score (nSPS) is 12.5. The zero-order valence-electron chi connectivity index (χ0n) is 13.2. The lowest BCUT2D eigenvalue weighted by atomic mass is 10.1. The third-order valence-electron chi connectivity index (χ3n) is 3.50. The van der Waals surface area contributed by atoms with Crippen LogP contribution in [0.3, 0.4) is 0 Å². The molecule has 0 aliphatic rings. The van der Waals surface area contributed by atoms with E-state index in [2.05, 4.69) is 36.4 Å². The van der Waals surface area contributed by atoms with Gasteiger partial charge in [-0.15, -0.1) is 0 Å². The Morgan fingerprint density at radius 3 is 2.57 bits per heavy atom. The lowest BCUT2D eigenvalue weighted by Gasteiger charge is -2.17. The van der Waals surface area contributed by atoms with Crippen LogP contribution in [0.4, 0.5) is 10.1 Å². The molecule has 3 heteroatoms. The van der Waals surface area contributed by atoms with Crippen LogP contribution < -0.4 is 5.32 Å². The van der Waals surface area contributed by atoms with Gasteiger partial charge in [0.1, 0.15) is 5.82 Å². The van der Waals surface area contributed by atoms with Crippen molar-refractivity contribution >= 4 is 5.69 Å². The molecule has 0 aliphatic heterocycles. The van der Waals surface area contributed by atoms with Gasteiger partial charge in [0.15, 0.2) is 0 Å². The molecule has 0 saturated carbocycles. The van der Waals surface area contributed by atoms with Crippen LogP contribution in [-0.2, 0) is 6.54 Å². The molecule has 2 aromatic carbocycles. The maximum absolute atomic E-state index is 13.7. The fourth-order valence-electron chi connectivity index (χ4n) is 2.34. The maximum atomic E-state index is 13.7. The molecule has 0 fully saturated rings. The van der Waals surface area contributed by atoms with Gasteiger partial charge in [-0.25, -0.2) is 4.39 Å². The number of nitrogens with zero attached hydrogens (tertiary/aromatic N) is 1. The Morgan fingerprint density at radius 2 is 1.90 bits per heavy atom. The molecule has 0 bridgehead atoms. The molecule has 0 heterocycles. The number of benzene rings is 2. The number of aryl methyl sites for hydroxylation is 1. The second-order valence-corrected chi connectivity index (χ2v) is 5.81. The van der Waals surface area contributed by atoms with Crippen molar-refractivity contribution in [3.63, 3.8) is 0 Å². The average Bonchev–Trinajstić information content (AvgIpc) is 2.41. The van der Waals surface area contributed by atoms with Gasteiger partial charge in [-0.1, -0.05) is 24.3 Å². The van der Waals surface area contributed by atoms with Crippen LogP contribution in [0.5, 0.6) is 0 Å². The average molecular weight is 286 g/mol. The highest BCUT2D eigenvalue weighted by Gasteiger charge is 2.08. The number of hydrogen-bond donors (Lipinski definition) is 1. The predicted molar refractivity (Wildman–Crippen MR) is 87.0 cm³/mol. The van der Waals surface area contributed by atoms with Gasteiger partial charge < -0.3 is 10.2 Å². The van der Waals surface area contributed by atoms with Gasteiger partial charge in [-0.3, -0.25) is 0 Å². The molecule has 0 radical (unpaired) electrons. The Kier molecular flexibility index (Phi) is 4.97. The van der Waals surface area contributed by atoms with Crippen LogP contribution >= 0.6 is 0 Å². The van der Waals surface area contributed by atoms with Crippen LogP contribution in [0.25, 0.3) is 0 Å². The van der Waals surface area contributed by atoms with E-state index in [-0.39, 0.29) is 11.9 Å². The van der Waals surface area contributed by atoms with Crippen LogP contribution in [0, 0.1) is 12.7 Å².